The van der Waals surface area contributed by atoms with Crippen molar-refractivity contribution in [3.63, 3.8) is 0 Å². The lowest BCUT2D eigenvalue weighted by Crippen LogP contribution is -2.45. The lowest BCUT2D eigenvalue weighted by molar-refractivity contribution is -0.123. The van der Waals surface area contributed by atoms with Crippen LogP contribution in [-0.4, -0.2) is 24.5 Å². The summed E-state index contributed by atoms with van der Waals surface area (Å²) < 4.78 is 0. The third-order valence-corrected chi connectivity index (χ3v) is 3.45. The highest BCUT2D eigenvalue weighted by Gasteiger charge is 2.13. The van der Waals surface area contributed by atoms with Crippen LogP contribution >= 0.6 is 0 Å². The van der Waals surface area contributed by atoms with E-state index >= 15 is 0 Å². The molecule has 0 aliphatic rings. The second-order valence-electron chi connectivity index (χ2n) is 5.61. The molecule has 0 aliphatic heterocycles. The molecular formula is C17H28N2O. The average Bonchev–Trinajstić information content (AvgIpc) is 2.38. The molecule has 3 heteroatoms. The number of benzene rings is 1. The maximum Gasteiger partial charge on any atom is 0.237 e. The summed E-state index contributed by atoms with van der Waals surface area (Å²) in [4.78, 5) is 12.0. The summed E-state index contributed by atoms with van der Waals surface area (Å²) in [6, 6.07) is 8.61. The topological polar surface area (TPSA) is 41.1 Å². The fourth-order valence-electron chi connectivity index (χ4n) is 2.27. The highest BCUT2D eigenvalue weighted by molar-refractivity contribution is 5.81. The van der Waals surface area contributed by atoms with Crippen LogP contribution < -0.4 is 10.6 Å². The number of hydrogen-bond donors (Lipinski definition) is 2. The van der Waals surface area contributed by atoms with Gasteiger partial charge in [0, 0.05) is 6.04 Å². The van der Waals surface area contributed by atoms with Gasteiger partial charge in [0.15, 0.2) is 0 Å². The first-order chi connectivity index (χ1) is 9.52. The first-order valence-corrected chi connectivity index (χ1v) is 7.62. The summed E-state index contributed by atoms with van der Waals surface area (Å²) in [5.41, 5.74) is 2.59. The van der Waals surface area contributed by atoms with Crippen LogP contribution in [0.15, 0.2) is 24.3 Å². The second kappa shape index (κ2) is 8.75. The van der Waals surface area contributed by atoms with Crippen molar-refractivity contribution in [3.8, 4) is 0 Å². The molecule has 3 nitrogen and oxygen atoms in total. The molecular weight excluding hydrogens is 248 g/mol. The predicted octanol–water partition coefficient (Wildman–Crippen LogP) is 2.82. The van der Waals surface area contributed by atoms with Crippen LogP contribution in [0, 0.1) is 6.92 Å². The van der Waals surface area contributed by atoms with Gasteiger partial charge in [0.25, 0.3) is 0 Å². The lowest BCUT2D eigenvalue weighted by atomic mass is 10.1. The first-order valence-electron chi connectivity index (χ1n) is 7.62. The normalized spacial score (nSPS) is 13.8. The van der Waals surface area contributed by atoms with Gasteiger partial charge in [-0.25, -0.2) is 0 Å². The Kier molecular flexibility index (Phi) is 7.31. The number of carbonyl (C=O) groups excluding carboxylic acids is 1. The number of amides is 1. The van der Waals surface area contributed by atoms with Crippen molar-refractivity contribution in [2.24, 2.45) is 0 Å². The summed E-state index contributed by atoms with van der Waals surface area (Å²) >= 11 is 0. The third kappa shape index (κ3) is 6.20. The fourth-order valence-corrected chi connectivity index (χ4v) is 2.27. The van der Waals surface area contributed by atoms with Gasteiger partial charge < -0.3 is 10.6 Å². The Morgan fingerprint density at radius 2 is 2.05 bits per heavy atom. The van der Waals surface area contributed by atoms with Crippen LogP contribution in [0.2, 0.25) is 0 Å². The van der Waals surface area contributed by atoms with Crippen molar-refractivity contribution in [3.05, 3.63) is 35.4 Å². The SMILES string of the molecule is CCCC(C)NC(=O)C(C)NCCc1cccc(C)c1. The van der Waals surface area contributed by atoms with Crippen LogP contribution in [-0.2, 0) is 11.2 Å². The fraction of sp³-hybridized carbons (Fsp3) is 0.588. The van der Waals surface area contributed by atoms with E-state index in [-0.39, 0.29) is 18.0 Å². The van der Waals surface area contributed by atoms with Gasteiger partial charge in [-0.05, 0) is 45.7 Å². The van der Waals surface area contributed by atoms with Gasteiger partial charge in [0.1, 0.15) is 0 Å². The molecule has 1 aromatic rings. The van der Waals surface area contributed by atoms with Crippen molar-refractivity contribution in [2.45, 2.75) is 59.0 Å². The van der Waals surface area contributed by atoms with Crippen molar-refractivity contribution >= 4 is 5.91 Å². The van der Waals surface area contributed by atoms with Crippen molar-refractivity contribution in [1.29, 1.82) is 0 Å². The van der Waals surface area contributed by atoms with Crippen LogP contribution in [0.3, 0.4) is 0 Å². The van der Waals surface area contributed by atoms with Gasteiger partial charge in [-0.2, -0.15) is 0 Å². The molecule has 1 amide bonds. The van der Waals surface area contributed by atoms with Gasteiger partial charge in [0.05, 0.1) is 6.04 Å². The summed E-state index contributed by atoms with van der Waals surface area (Å²) in [6.45, 7) is 9.03. The van der Waals surface area contributed by atoms with Crippen LogP contribution in [0.4, 0.5) is 0 Å². The van der Waals surface area contributed by atoms with Gasteiger partial charge >= 0.3 is 0 Å². The zero-order valence-corrected chi connectivity index (χ0v) is 13.2. The molecule has 0 aromatic heterocycles. The van der Waals surface area contributed by atoms with Crippen molar-refractivity contribution < 1.29 is 4.79 Å². The molecule has 0 aliphatic carbocycles. The molecule has 0 saturated heterocycles. The second-order valence-corrected chi connectivity index (χ2v) is 5.61. The number of hydrogen-bond acceptors (Lipinski definition) is 2. The summed E-state index contributed by atoms with van der Waals surface area (Å²) in [7, 11) is 0. The average molecular weight is 276 g/mol. The molecule has 0 spiro atoms. The largest absolute Gasteiger partial charge is 0.352 e. The number of aryl methyl sites for hydroxylation is 1. The minimum Gasteiger partial charge on any atom is -0.352 e. The van der Waals surface area contributed by atoms with Crippen molar-refractivity contribution in [1.82, 2.24) is 10.6 Å². The standard InChI is InChI=1S/C17H28N2O/c1-5-7-14(3)19-17(20)15(4)18-11-10-16-9-6-8-13(2)12-16/h6,8-9,12,14-15,18H,5,7,10-11H2,1-4H3,(H,19,20). The summed E-state index contributed by atoms with van der Waals surface area (Å²) in [5.74, 6) is 0.0928. The number of carbonyl (C=O) groups is 1. The van der Waals surface area contributed by atoms with Gasteiger partial charge in [-0.3, -0.25) is 4.79 Å². The Labute approximate surface area is 123 Å². The van der Waals surface area contributed by atoms with E-state index in [1.165, 1.54) is 11.1 Å². The molecule has 0 fully saturated rings. The first kappa shape index (κ1) is 16.7. The Bertz CT molecular complexity index is 417. The molecule has 2 unspecified atom stereocenters. The monoisotopic (exact) mass is 276 g/mol. The molecule has 0 radical (unpaired) electrons. The Balaban J connectivity index is 2.28. The Hall–Kier alpha value is -1.35. The minimum atomic E-state index is -0.140. The summed E-state index contributed by atoms with van der Waals surface area (Å²) in [5, 5.41) is 6.32. The maximum atomic E-state index is 12.0. The molecule has 0 bridgehead atoms. The van der Waals surface area contributed by atoms with Crippen LogP contribution in [0.5, 0.6) is 0 Å². The van der Waals surface area contributed by atoms with E-state index in [4.69, 9.17) is 0 Å². The smallest absolute Gasteiger partial charge is 0.237 e. The van der Waals surface area contributed by atoms with E-state index in [1.54, 1.807) is 0 Å². The molecule has 0 heterocycles. The van der Waals surface area contributed by atoms with E-state index in [0.29, 0.717) is 0 Å². The number of rotatable bonds is 8. The molecule has 1 rings (SSSR count). The molecule has 112 valence electrons. The highest BCUT2D eigenvalue weighted by Crippen LogP contribution is 2.04. The molecule has 0 saturated carbocycles. The van der Waals surface area contributed by atoms with E-state index in [2.05, 4.69) is 55.7 Å². The molecule has 2 atom stereocenters. The van der Waals surface area contributed by atoms with E-state index in [9.17, 15) is 4.79 Å². The number of nitrogens with one attached hydrogen (secondary N) is 2. The highest BCUT2D eigenvalue weighted by atomic mass is 16.2. The predicted molar refractivity (Wildman–Crippen MR) is 84.9 cm³/mol. The zero-order chi connectivity index (χ0) is 15.0. The summed E-state index contributed by atoms with van der Waals surface area (Å²) in [6.07, 6.45) is 3.07. The Morgan fingerprint density at radius 1 is 1.30 bits per heavy atom. The zero-order valence-electron chi connectivity index (χ0n) is 13.2. The maximum absolute atomic E-state index is 12.0. The van der Waals surface area contributed by atoms with E-state index in [1.807, 2.05) is 6.92 Å². The Morgan fingerprint density at radius 3 is 2.70 bits per heavy atom. The third-order valence-electron chi connectivity index (χ3n) is 3.45. The molecule has 20 heavy (non-hydrogen) atoms. The van der Waals surface area contributed by atoms with Crippen LogP contribution in [0.1, 0.15) is 44.7 Å². The van der Waals surface area contributed by atoms with Gasteiger partial charge in [-0.1, -0.05) is 43.2 Å². The van der Waals surface area contributed by atoms with Crippen molar-refractivity contribution in [2.75, 3.05) is 6.54 Å². The van der Waals surface area contributed by atoms with Crippen LogP contribution in [0.25, 0.3) is 0 Å². The van der Waals surface area contributed by atoms with E-state index in [0.717, 1.165) is 25.8 Å². The molecule has 2 N–H and O–H groups in total. The quantitative estimate of drug-likeness (QED) is 0.766. The minimum absolute atomic E-state index is 0.0928. The lowest BCUT2D eigenvalue weighted by Gasteiger charge is -2.18. The van der Waals surface area contributed by atoms with E-state index < -0.39 is 0 Å². The van der Waals surface area contributed by atoms with Gasteiger partial charge in [0.2, 0.25) is 5.91 Å². The van der Waals surface area contributed by atoms with Gasteiger partial charge in [-0.15, -0.1) is 0 Å². The molecule has 1 aromatic carbocycles.